The van der Waals surface area contributed by atoms with Crippen LogP contribution in [-0.2, 0) is 4.79 Å². The van der Waals surface area contributed by atoms with E-state index in [2.05, 4.69) is 17.6 Å². The summed E-state index contributed by atoms with van der Waals surface area (Å²) in [5.41, 5.74) is 5.36. The summed E-state index contributed by atoms with van der Waals surface area (Å²) in [6, 6.07) is 0.466. The molecule has 0 aromatic heterocycles. The van der Waals surface area contributed by atoms with Crippen LogP contribution in [-0.4, -0.2) is 11.9 Å². The summed E-state index contributed by atoms with van der Waals surface area (Å²) >= 11 is 0. The minimum Gasteiger partial charge on any atom is -0.381 e. The molecule has 2 unspecified atom stereocenters. The molecule has 3 heteroatoms. The molecular weight excluding hydrogens is 212 g/mol. The van der Waals surface area contributed by atoms with E-state index < -0.39 is 0 Å². The molecule has 1 aliphatic heterocycles. The zero-order chi connectivity index (χ0) is 12.0. The van der Waals surface area contributed by atoms with E-state index in [9.17, 15) is 4.79 Å². The molecule has 2 atom stereocenters. The number of nitrogens with one attached hydrogen (secondary N) is 2. The lowest BCUT2D eigenvalue weighted by Gasteiger charge is -2.30. The van der Waals surface area contributed by atoms with Gasteiger partial charge < -0.3 is 10.6 Å². The first-order valence-electron chi connectivity index (χ1n) is 6.66. The fourth-order valence-corrected chi connectivity index (χ4v) is 3.45. The van der Waals surface area contributed by atoms with Gasteiger partial charge in [0.25, 0.3) is 0 Å². The molecule has 1 amide bonds. The highest BCUT2D eigenvalue weighted by Gasteiger charge is 2.37. The van der Waals surface area contributed by atoms with Crippen molar-refractivity contribution in [1.29, 1.82) is 0 Å². The minimum atomic E-state index is 0.0615. The van der Waals surface area contributed by atoms with Gasteiger partial charge in [-0.15, -0.1) is 0 Å². The number of dihydropyridines is 1. The number of hydrogen-bond donors (Lipinski definition) is 2. The summed E-state index contributed by atoms with van der Waals surface area (Å²) in [6.45, 7) is 3.91. The highest BCUT2D eigenvalue weighted by atomic mass is 16.1. The first-order valence-corrected chi connectivity index (χ1v) is 6.66. The second kappa shape index (κ2) is 3.90. The molecule has 0 spiro atoms. The summed E-state index contributed by atoms with van der Waals surface area (Å²) in [4.78, 5) is 11.4. The summed E-state index contributed by atoms with van der Waals surface area (Å²) in [6.07, 6.45) is 5.84. The molecule has 92 valence electrons. The quantitative estimate of drug-likeness (QED) is 0.728. The average molecular weight is 232 g/mol. The third-order valence-corrected chi connectivity index (χ3v) is 4.28. The second-order valence-corrected chi connectivity index (χ2v) is 5.53. The van der Waals surface area contributed by atoms with Gasteiger partial charge in [0.15, 0.2) is 0 Å². The van der Waals surface area contributed by atoms with Crippen LogP contribution in [0.25, 0.3) is 0 Å². The molecule has 2 N–H and O–H groups in total. The number of hydrogen-bond acceptors (Lipinski definition) is 2. The third kappa shape index (κ3) is 1.68. The molecule has 0 aromatic rings. The van der Waals surface area contributed by atoms with E-state index in [0.29, 0.717) is 12.0 Å². The lowest BCUT2D eigenvalue weighted by Crippen LogP contribution is -2.38. The Bertz CT molecular complexity index is 434. The Kier molecular flexibility index (Phi) is 2.49. The van der Waals surface area contributed by atoms with Crippen molar-refractivity contribution in [2.45, 2.75) is 52.0 Å². The SMILES string of the molecule is CC(=O)NC1=C2CCC(C)C2NC2=C1CCC2. The monoisotopic (exact) mass is 232 g/mol. The van der Waals surface area contributed by atoms with Gasteiger partial charge in [0.05, 0.1) is 6.04 Å². The van der Waals surface area contributed by atoms with Crippen molar-refractivity contribution in [3.63, 3.8) is 0 Å². The van der Waals surface area contributed by atoms with Crippen LogP contribution in [0, 0.1) is 5.92 Å². The van der Waals surface area contributed by atoms with Crippen molar-refractivity contribution >= 4 is 5.91 Å². The van der Waals surface area contributed by atoms with Gasteiger partial charge in [-0.25, -0.2) is 0 Å². The maximum atomic E-state index is 11.4. The van der Waals surface area contributed by atoms with E-state index in [1.54, 1.807) is 6.92 Å². The molecule has 3 rings (SSSR count). The van der Waals surface area contributed by atoms with E-state index in [1.807, 2.05) is 0 Å². The molecule has 1 heterocycles. The van der Waals surface area contributed by atoms with Crippen LogP contribution in [0.1, 0.15) is 46.0 Å². The lowest BCUT2D eigenvalue weighted by molar-refractivity contribution is -0.118. The number of carbonyl (C=O) groups excluding carboxylic acids is 1. The molecule has 0 aromatic carbocycles. The Balaban J connectivity index is 2.02. The van der Waals surface area contributed by atoms with E-state index in [1.165, 1.54) is 29.7 Å². The first-order chi connectivity index (χ1) is 8.16. The van der Waals surface area contributed by atoms with E-state index >= 15 is 0 Å². The van der Waals surface area contributed by atoms with E-state index in [-0.39, 0.29) is 5.91 Å². The topological polar surface area (TPSA) is 41.1 Å². The fraction of sp³-hybridized carbons (Fsp3) is 0.643. The number of rotatable bonds is 1. The minimum absolute atomic E-state index is 0.0615. The van der Waals surface area contributed by atoms with Crippen molar-refractivity contribution in [3.05, 3.63) is 22.5 Å². The van der Waals surface area contributed by atoms with Crippen LogP contribution >= 0.6 is 0 Å². The van der Waals surface area contributed by atoms with Gasteiger partial charge in [-0.1, -0.05) is 6.92 Å². The van der Waals surface area contributed by atoms with Crippen molar-refractivity contribution in [1.82, 2.24) is 10.6 Å². The summed E-state index contributed by atoms with van der Waals surface area (Å²) in [5.74, 6) is 0.745. The predicted octanol–water partition coefficient (Wildman–Crippen LogP) is 2.22. The van der Waals surface area contributed by atoms with Crippen molar-refractivity contribution < 1.29 is 4.79 Å². The Morgan fingerprint density at radius 2 is 2.18 bits per heavy atom. The zero-order valence-corrected chi connectivity index (χ0v) is 10.6. The molecule has 0 saturated heterocycles. The van der Waals surface area contributed by atoms with E-state index in [4.69, 9.17) is 0 Å². The first kappa shape index (κ1) is 10.9. The molecule has 1 saturated carbocycles. The standard InChI is InChI=1S/C14H20N2O/c1-8-6-7-11-13(8)16-12-5-3-4-10(12)14(11)15-9(2)17/h8,13,16H,3-7H2,1-2H3,(H,15,17). The molecule has 3 aliphatic rings. The van der Waals surface area contributed by atoms with Crippen molar-refractivity contribution in [2.24, 2.45) is 5.92 Å². The molecule has 3 nitrogen and oxygen atoms in total. The van der Waals surface area contributed by atoms with Gasteiger partial charge in [0.1, 0.15) is 0 Å². The van der Waals surface area contributed by atoms with Crippen molar-refractivity contribution in [2.75, 3.05) is 0 Å². The number of carbonyl (C=O) groups is 1. The predicted molar refractivity (Wildman–Crippen MR) is 67.0 cm³/mol. The van der Waals surface area contributed by atoms with Gasteiger partial charge in [0, 0.05) is 18.3 Å². The summed E-state index contributed by atoms with van der Waals surface area (Å²) < 4.78 is 0. The molecule has 0 bridgehead atoms. The Morgan fingerprint density at radius 3 is 2.94 bits per heavy atom. The van der Waals surface area contributed by atoms with Crippen LogP contribution < -0.4 is 10.6 Å². The largest absolute Gasteiger partial charge is 0.381 e. The van der Waals surface area contributed by atoms with Gasteiger partial charge >= 0.3 is 0 Å². The van der Waals surface area contributed by atoms with Gasteiger partial charge in [-0.2, -0.15) is 0 Å². The van der Waals surface area contributed by atoms with Crippen LogP contribution in [0.2, 0.25) is 0 Å². The van der Waals surface area contributed by atoms with Gasteiger partial charge in [0.2, 0.25) is 5.91 Å². The van der Waals surface area contributed by atoms with Gasteiger partial charge in [-0.05, 0) is 49.2 Å². The highest BCUT2D eigenvalue weighted by Crippen LogP contribution is 2.42. The van der Waals surface area contributed by atoms with Crippen LogP contribution in [0.5, 0.6) is 0 Å². The summed E-state index contributed by atoms with van der Waals surface area (Å²) in [7, 11) is 0. The Labute approximate surface area is 102 Å². The molecule has 1 fully saturated rings. The van der Waals surface area contributed by atoms with Crippen LogP contribution in [0.15, 0.2) is 22.5 Å². The summed E-state index contributed by atoms with van der Waals surface area (Å²) in [5, 5.41) is 6.79. The third-order valence-electron chi connectivity index (χ3n) is 4.28. The maximum Gasteiger partial charge on any atom is 0.221 e. The number of fused-ring (bicyclic) bond motifs is 1. The Hall–Kier alpha value is -1.25. The van der Waals surface area contributed by atoms with Crippen LogP contribution in [0.4, 0.5) is 0 Å². The zero-order valence-electron chi connectivity index (χ0n) is 10.6. The second-order valence-electron chi connectivity index (χ2n) is 5.53. The molecule has 0 radical (unpaired) electrons. The van der Waals surface area contributed by atoms with Crippen molar-refractivity contribution in [3.8, 4) is 0 Å². The molecule has 17 heavy (non-hydrogen) atoms. The smallest absolute Gasteiger partial charge is 0.221 e. The average Bonchev–Trinajstić information content (AvgIpc) is 2.86. The fourth-order valence-electron chi connectivity index (χ4n) is 3.45. The normalized spacial score (nSPS) is 31.2. The maximum absolute atomic E-state index is 11.4. The van der Waals surface area contributed by atoms with Gasteiger partial charge in [-0.3, -0.25) is 4.79 Å². The molecular formula is C14H20N2O. The molecule has 2 aliphatic carbocycles. The lowest BCUT2D eigenvalue weighted by atomic mass is 9.94. The van der Waals surface area contributed by atoms with Crippen LogP contribution in [0.3, 0.4) is 0 Å². The highest BCUT2D eigenvalue weighted by molar-refractivity contribution is 5.77. The van der Waals surface area contributed by atoms with E-state index in [0.717, 1.165) is 25.0 Å². The number of amides is 1. The number of allylic oxidation sites excluding steroid dienone is 2. The Morgan fingerprint density at radius 1 is 1.35 bits per heavy atom.